The van der Waals surface area contributed by atoms with Crippen LogP contribution < -0.4 is 15.5 Å². The van der Waals surface area contributed by atoms with Crippen molar-refractivity contribution in [3.8, 4) is 0 Å². The van der Waals surface area contributed by atoms with E-state index in [0.717, 1.165) is 48.0 Å². The zero-order chi connectivity index (χ0) is 26.2. The third-order valence-corrected chi connectivity index (χ3v) is 7.68. The Morgan fingerprint density at radius 1 is 1.11 bits per heavy atom. The lowest BCUT2D eigenvalue weighted by Gasteiger charge is -2.49. The molecule has 1 unspecified atom stereocenters. The Morgan fingerprint density at radius 3 is 2.66 bits per heavy atom. The summed E-state index contributed by atoms with van der Waals surface area (Å²) in [6, 6.07) is 12.8. The molecule has 3 N–H and O–H groups in total. The molecule has 0 spiro atoms. The standard InChI is InChI=1S/C28H31N7O3/c1-17-26(36)35(22-11-8-18(9-12-22)27(37)38-2)24-16-29-28(31-20-10-13-23-19(14-20)15-30-33-23)32-25(24)34(17)21-6-4-3-5-7-21/h8-17,21,25H,3-7H2,1-2H3,(H,30,33)(H2,29,31,32)/t17-,25?/m1/s1. The van der Waals surface area contributed by atoms with Crippen molar-refractivity contribution in [2.45, 2.75) is 57.3 Å². The van der Waals surface area contributed by atoms with E-state index in [1.807, 2.05) is 31.3 Å². The molecule has 1 aromatic heterocycles. The van der Waals surface area contributed by atoms with Gasteiger partial charge in [0.1, 0.15) is 6.17 Å². The van der Waals surface area contributed by atoms with Crippen molar-refractivity contribution in [1.82, 2.24) is 20.4 Å². The molecule has 10 nitrogen and oxygen atoms in total. The Balaban J connectivity index is 1.34. The number of fused-ring (bicyclic) bond motifs is 2. The number of hydrogen-bond acceptors (Lipinski definition) is 8. The molecule has 3 aromatic rings. The minimum Gasteiger partial charge on any atom is -0.465 e. The van der Waals surface area contributed by atoms with Crippen LogP contribution >= 0.6 is 0 Å². The van der Waals surface area contributed by atoms with Crippen molar-refractivity contribution < 1.29 is 14.3 Å². The number of nitrogens with one attached hydrogen (secondary N) is 3. The van der Waals surface area contributed by atoms with Crippen LogP contribution in [0.25, 0.3) is 10.9 Å². The van der Waals surface area contributed by atoms with E-state index in [2.05, 4.69) is 25.7 Å². The number of hydrogen-bond donors (Lipinski definition) is 3. The maximum atomic E-state index is 13.8. The van der Waals surface area contributed by atoms with Gasteiger partial charge in [0.25, 0.3) is 0 Å². The lowest BCUT2D eigenvalue weighted by Crippen LogP contribution is -2.64. The van der Waals surface area contributed by atoms with Crippen LogP contribution in [0.5, 0.6) is 0 Å². The van der Waals surface area contributed by atoms with Crippen LogP contribution in [-0.2, 0) is 9.53 Å². The van der Waals surface area contributed by atoms with Gasteiger partial charge in [-0.2, -0.15) is 5.10 Å². The summed E-state index contributed by atoms with van der Waals surface area (Å²) in [6.45, 7) is 1.97. The summed E-state index contributed by atoms with van der Waals surface area (Å²) in [7, 11) is 1.35. The van der Waals surface area contributed by atoms with Crippen LogP contribution in [0.2, 0.25) is 0 Å². The zero-order valence-corrected chi connectivity index (χ0v) is 21.5. The van der Waals surface area contributed by atoms with Crippen LogP contribution in [0.1, 0.15) is 49.4 Å². The third kappa shape index (κ3) is 4.30. The highest BCUT2D eigenvalue weighted by atomic mass is 16.5. The lowest BCUT2D eigenvalue weighted by molar-refractivity contribution is -0.127. The molecule has 2 aliphatic heterocycles. The fourth-order valence-electron chi connectivity index (χ4n) is 5.76. The van der Waals surface area contributed by atoms with Crippen molar-refractivity contribution in [3.63, 3.8) is 0 Å². The maximum Gasteiger partial charge on any atom is 0.337 e. The number of aromatic nitrogens is 2. The molecule has 6 rings (SSSR count). The number of rotatable bonds is 4. The van der Waals surface area contributed by atoms with Crippen molar-refractivity contribution in [3.05, 3.63) is 66.1 Å². The van der Waals surface area contributed by atoms with Crippen LogP contribution in [-0.4, -0.2) is 58.3 Å². The number of anilines is 2. The Morgan fingerprint density at radius 2 is 1.89 bits per heavy atom. The molecule has 3 aliphatic rings. The smallest absolute Gasteiger partial charge is 0.337 e. The predicted octanol–water partition coefficient (Wildman–Crippen LogP) is 3.96. The molecule has 2 atom stereocenters. The highest BCUT2D eigenvalue weighted by Gasteiger charge is 2.46. The molecule has 2 aromatic carbocycles. The van der Waals surface area contributed by atoms with Crippen LogP contribution in [0.4, 0.5) is 11.4 Å². The molecule has 1 aliphatic carbocycles. The van der Waals surface area contributed by atoms with Gasteiger partial charge in [-0.3, -0.25) is 19.7 Å². The van der Waals surface area contributed by atoms with E-state index in [0.29, 0.717) is 17.2 Å². The van der Waals surface area contributed by atoms with E-state index >= 15 is 0 Å². The molecule has 38 heavy (non-hydrogen) atoms. The first-order valence-electron chi connectivity index (χ1n) is 13.1. The number of carbonyl (C=O) groups excluding carboxylic acids is 2. The molecule has 0 bridgehead atoms. The van der Waals surface area contributed by atoms with Gasteiger partial charge in [-0.15, -0.1) is 0 Å². The Hall–Kier alpha value is -4.18. The summed E-state index contributed by atoms with van der Waals surface area (Å²) in [5.41, 5.74) is 3.74. The molecular formula is C28H31N7O3. The first kappa shape index (κ1) is 24.2. The number of carbonyl (C=O) groups is 2. The van der Waals surface area contributed by atoms with E-state index in [-0.39, 0.29) is 24.2 Å². The van der Waals surface area contributed by atoms with Gasteiger partial charge in [-0.1, -0.05) is 19.3 Å². The predicted molar refractivity (Wildman–Crippen MR) is 146 cm³/mol. The highest BCUT2D eigenvalue weighted by molar-refractivity contribution is 6.03. The second-order valence-corrected chi connectivity index (χ2v) is 9.99. The summed E-state index contributed by atoms with van der Waals surface area (Å²) in [4.78, 5) is 34.9. The summed E-state index contributed by atoms with van der Waals surface area (Å²) >= 11 is 0. The molecule has 1 saturated heterocycles. The first-order valence-corrected chi connectivity index (χ1v) is 13.1. The van der Waals surface area contributed by atoms with E-state index in [4.69, 9.17) is 9.73 Å². The van der Waals surface area contributed by atoms with E-state index in [1.54, 1.807) is 35.4 Å². The fraction of sp³-hybridized carbons (Fsp3) is 0.357. The number of guanidine groups is 1. The average Bonchev–Trinajstić information content (AvgIpc) is 3.42. The van der Waals surface area contributed by atoms with Gasteiger partial charge in [0.15, 0.2) is 0 Å². The number of ether oxygens (including phenoxy) is 1. The minimum absolute atomic E-state index is 0.0114. The van der Waals surface area contributed by atoms with Crippen molar-refractivity contribution in [1.29, 1.82) is 0 Å². The molecule has 3 heterocycles. The quantitative estimate of drug-likeness (QED) is 0.453. The topological polar surface area (TPSA) is 115 Å². The Bertz CT molecular complexity index is 1420. The molecule has 10 heteroatoms. The van der Waals surface area contributed by atoms with E-state index < -0.39 is 5.97 Å². The highest BCUT2D eigenvalue weighted by Crippen LogP contribution is 2.37. The number of amides is 1. The fourth-order valence-corrected chi connectivity index (χ4v) is 5.76. The van der Waals surface area contributed by atoms with Gasteiger partial charge in [0, 0.05) is 29.0 Å². The van der Waals surface area contributed by atoms with Crippen molar-refractivity contribution in [2.75, 3.05) is 17.3 Å². The SMILES string of the molecule is COC(=O)c1ccc(N2C(=O)[C@@H](C)N(C3CCCCC3)C3N=C(Nc4ccc5[nH]ncc5c4)NC=C32)cc1. The number of piperazine rings is 1. The first-order chi connectivity index (χ1) is 18.5. The molecule has 2 fully saturated rings. The van der Waals surface area contributed by atoms with Crippen LogP contribution in [0.15, 0.2) is 65.6 Å². The summed E-state index contributed by atoms with van der Waals surface area (Å²) in [5.74, 6) is 0.191. The van der Waals surface area contributed by atoms with Gasteiger partial charge in [0.05, 0.1) is 36.1 Å². The van der Waals surface area contributed by atoms with Gasteiger partial charge in [-0.25, -0.2) is 9.79 Å². The number of aliphatic imine (C=N–C) groups is 1. The van der Waals surface area contributed by atoms with Gasteiger partial charge in [0.2, 0.25) is 11.9 Å². The van der Waals surface area contributed by atoms with E-state index in [1.165, 1.54) is 13.5 Å². The second-order valence-electron chi connectivity index (χ2n) is 9.99. The molecule has 1 saturated carbocycles. The summed E-state index contributed by atoms with van der Waals surface area (Å²) in [6.07, 6.45) is 8.96. The van der Waals surface area contributed by atoms with Gasteiger partial charge in [-0.05, 0) is 62.2 Å². The maximum absolute atomic E-state index is 13.8. The number of aromatic amines is 1. The van der Waals surface area contributed by atoms with Crippen LogP contribution in [0.3, 0.4) is 0 Å². The van der Waals surface area contributed by atoms with Crippen molar-refractivity contribution >= 4 is 40.1 Å². The lowest BCUT2D eigenvalue weighted by atomic mass is 9.91. The average molecular weight is 514 g/mol. The monoisotopic (exact) mass is 513 g/mol. The number of methoxy groups -OCH3 is 1. The molecule has 0 radical (unpaired) electrons. The summed E-state index contributed by atoms with van der Waals surface area (Å²) < 4.78 is 4.83. The summed E-state index contributed by atoms with van der Waals surface area (Å²) in [5, 5.41) is 14.7. The Kier molecular flexibility index (Phi) is 6.32. The van der Waals surface area contributed by atoms with Crippen LogP contribution in [0, 0.1) is 0 Å². The van der Waals surface area contributed by atoms with Gasteiger partial charge >= 0.3 is 5.97 Å². The number of esters is 1. The third-order valence-electron chi connectivity index (χ3n) is 7.68. The van der Waals surface area contributed by atoms with Crippen molar-refractivity contribution in [2.24, 2.45) is 4.99 Å². The molecule has 196 valence electrons. The molecule has 1 amide bonds. The number of nitrogens with zero attached hydrogens (tertiary/aromatic N) is 4. The van der Waals surface area contributed by atoms with E-state index in [9.17, 15) is 9.59 Å². The zero-order valence-electron chi connectivity index (χ0n) is 21.5. The number of benzene rings is 2. The normalized spacial score (nSPS) is 22.4. The second kappa shape index (κ2) is 9.94. The molecular weight excluding hydrogens is 482 g/mol. The van der Waals surface area contributed by atoms with Gasteiger partial charge < -0.3 is 15.4 Å². The number of H-pyrrole nitrogens is 1. The largest absolute Gasteiger partial charge is 0.465 e. The minimum atomic E-state index is -0.413. The Labute approximate surface area is 220 Å².